The van der Waals surface area contributed by atoms with E-state index in [2.05, 4.69) is 4.98 Å². The highest BCUT2D eigenvalue weighted by atomic mass is 32.2. The molecule has 1 aromatic heterocycles. The Morgan fingerprint density at radius 3 is 2.43 bits per heavy atom. The lowest BCUT2D eigenvalue weighted by molar-refractivity contribution is -0.124. The molecule has 0 bridgehead atoms. The predicted octanol–water partition coefficient (Wildman–Crippen LogP) is 3.52. The van der Waals surface area contributed by atoms with Gasteiger partial charge in [-0.25, -0.2) is 0 Å². The fourth-order valence-electron chi connectivity index (χ4n) is 3.43. The van der Waals surface area contributed by atoms with Gasteiger partial charge in [0.1, 0.15) is 0 Å². The summed E-state index contributed by atoms with van der Waals surface area (Å²) in [5, 5.41) is 2.15. The summed E-state index contributed by atoms with van der Waals surface area (Å²) in [7, 11) is 3.01. The van der Waals surface area contributed by atoms with Gasteiger partial charge in [-0.05, 0) is 29.7 Å². The normalized spacial score (nSPS) is 12.1. The van der Waals surface area contributed by atoms with Crippen molar-refractivity contribution in [3.05, 3.63) is 72.4 Å². The molecule has 4 aromatic rings. The largest absolute Gasteiger partial charge is 0.755 e. The molecule has 1 unspecified atom stereocenters. The van der Waals surface area contributed by atoms with Crippen LogP contribution in [0.2, 0.25) is 0 Å². The van der Waals surface area contributed by atoms with Gasteiger partial charge in [-0.3, -0.25) is 18.1 Å². The van der Waals surface area contributed by atoms with Crippen LogP contribution in [0.25, 0.3) is 21.7 Å². The van der Waals surface area contributed by atoms with Crippen LogP contribution in [0.1, 0.15) is 10.4 Å². The first-order valence-corrected chi connectivity index (χ1v) is 10.2. The van der Waals surface area contributed by atoms with E-state index in [9.17, 15) is 18.4 Å². The van der Waals surface area contributed by atoms with Gasteiger partial charge < -0.3 is 14.4 Å². The molecule has 0 saturated heterocycles. The third-order valence-electron chi connectivity index (χ3n) is 4.88. The van der Waals surface area contributed by atoms with Crippen LogP contribution in [0.5, 0.6) is 0 Å². The topological polar surface area (TPSA) is 96.5 Å². The number of ketones is 1. The standard InChI is InChI=1S/C22H19N3O4S/c1-24(2)22(27)21(26)18-13-23-19-11-10-15(12-17(18)19)25(30(28)29)20-9-5-7-14-6-3-4-8-16(14)20/h3-13,23H,1-2H3,(H,28,29)/p-1. The Bertz CT molecular complexity index is 1310. The zero-order chi connectivity index (χ0) is 21.4. The molecular formula is C22H18N3O4S-. The highest BCUT2D eigenvalue weighted by Gasteiger charge is 2.22. The molecule has 1 heterocycles. The van der Waals surface area contributed by atoms with Gasteiger partial charge in [-0.1, -0.05) is 36.4 Å². The Morgan fingerprint density at radius 1 is 0.967 bits per heavy atom. The maximum atomic E-state index is 12.6. The molecule has 7 nitrogen and oxygen atoms in total. The van der Waals surface area contributed by atoms with E-state index in [0.717, 1.165) is 10.8 Å². The highest BCUT2D eigenvalue weighted by Crippen LogP contribution is 2.35. The Hall–Kier alpha value is -3.49. The van der Waals surface area contributed by atoms with E-state index in [-0.39, 0.29) is 5.56 Å². The van der Waals surface area contributed by atoms with Crippen LogP contribution in [-0.2, 0) is 16.1 Å². The lowest BCUT2D eigenvalue weighted by atomic mass is 10.1. The summed E-state index contributed by atoms with van der Waals surface area (Å²) in [6.45, 7) is 0. The molecule has 4 rings (SSSR count). The first-order valence-electron chi connectivity index (χ1n) is 9.13. The number of aromatic amines is 1. The summed E-state index contributed by atoms with van der Waals surface area (Å²) in [4.78, 5) is 28.9. The number of carbonyl (C=O) groups excluding carboxylic acids is 2. The molecule has 0 aliphatic heterocycles. The van der Waals surface area contributed by atoms with Crippen molar-refractivity contribution in [3.8, 4) is 0 Å². The van der Waals surface area contributed by atoms with E-state index >= 15 is 0 Å². The lowest BCUT2D eigenvalue weighted by Crippen LogP contribution is -2.29. The summed E-state index contributed by atoms with van der Waals surface area (Å²) in [6, 6.07) is 17.8. The monoisotopic (exact) mass is 420 g/mol. The fourth-order valence-corrected chi connectivity index (χ4v) is 4.04. The number of aromatic nitrogens is 1. The number of anilines is 2. The van der Waals surface area contributed by atoms with E-state index in [1.807, 2.05) is 30.3 Å². The van der Waals surface area contributed by atoms with Crippen LogP contribution in [-0.4, -0.2) is 44.4 Å². The van der Waals surface area contributed by atoms with E-state index in [4.69, 9.17) is 0 Å². The Morgan fingerprint density at radius 2 is 1.70 bits per heavy atom. The Balaban J connectivity index is 1.88. The van der Waals surface area contributed by atoms with Gasteiger partial charge >= 0.3 is 0 Å². The number of benzene rings is 3. The lowest BCUT2D eigenvalue weighted by Gasteiger charge is -2.28. The van der Waals surface area contributed by atoms with Gasteiger partial charge in [-0.15, -0.1) is 0 Å². The molecule has 0 aliphatic rings. The van der Waals surface area contributed by atoms with E-state index in [1.165, 1.54) is 29.5 Å². The zero-order valence-electron chi connectivity index (χ0n) is 16.3. The molecule has 0 radical (unpaired) electrons. The van der Waals surface area contributed by atoms with Crippen molar-refractivity contribution in [1.29, 1.82) is 0 Å². The van der Waals surface area contributed by atoms with Gasteiger partial charge in [0.25, 0.3) is 11.7 Å². The van der Waals surface area contributed by atoms with Crippen molar-refractivity contribution in [2.45, 2.75) is 0 Å². The fraction of sp³-hybridized carbons (Fsp3) is 0.0909. The van der Waals surface area contributed by atoms with Gasteiger partial charge in [0.2, 0.25) is 0 Å². The Kier molecular flexibility index (Phi) is 5.11. The summed E-state index contributed by atoms with van der Waals surface area (Å²) in [6.07, 6.45) is 1.47. The molecule has 0 spiro atoms. The second-order valence-electron chi connectivity index (χ2n) is 6.97. The maximum absolute atomic E-state index is 12.6. The summed E-state index contributed by atoms with van der Waals surface area (Å²) >= 11 is -2.61. The zero-order valence-corrected chi connectivity index (χ0v) is 17.1. The number of amides is 1. The minimum Gasteiger partial charge on any atom is -0.755 e. The van der Waals surface area contributed by atoms with Crippen LogP contribution >= 0.6 is 0 Å². The molecule has 0 saturated carbocycles. The molecular weight excluding hydrogens is 402 g/mol. The number of hydrogen-bond acceptors (Lipinski definition) is 4. The van der Waals surface area contributed by atoms with Crippen LogP contribution in [0.3, 0.4) is 0 Å². The minimum absolute atomic E-state index is 0.195. The summed E-state index contributed by atoms with van der Waals surface area (Å²) in [5.41, 5.74) is 1.68. The number of fused-ring (bicyclic) bond motifs is 2. The van der Waals surface area contributed by atoms with Gasteiger partial charge in [-0.2, -0.15) is 0 Å². The van der Waals surface area contributed by atoms with Crippen molar-refractivity contribution in [2.24, 2.45) is 0 Å². The van der Waals surface area contributed by atoms with Crippen LogP contribution in [0.4, 0.5) is 11.4 Å². The Labute approximate surface area is 175 Å². The third-order valence-corrected chi connectivity index (χ3v) is 5.59. The molecule has 0 fully saturated rings. The van der Waals surface area contributed by atoms with Crippen molar-refractivity contribution in [3.63, 3.8) is 0 Å². The smallest absolute Gasteiger partial charge is 0.294 e. The van der Waals surface area contributed by atoms with E-state index < -0.39 is 23.0 Å². The molecule has 8 heteroatoms. The number of nitrogens with zero attached hydrogens (tertiary/aromatic N) is 2. The van der Waals surface area contributed by atoms with Crippen LogP contribution in [0, 0.1) is 0 Å². The summed E-state index contributed by atoms with van der Waals surface area (Å²) in [5.74, 6) is -1.32. The number of Topliss-reactive ketones (excluding diaryl/α,β-unsaturated/α-hetero) is 1. The molecule has 3 aromatic carbocycles. The van der Waals surface area contributed by atoms with Crippen molar-refractivity contribution < 1.29 is 18.4 Å². The van der Waals surface area contributed by atoms with Crippen molar-refractivity contribution >= 4 is 56.0 Å². The van der Waals surface area contributed by atoms with Gasteiger partial charge in [0.05, 0.1) is 28.2 Å². The molecule has 0 aliphatic carbocycles. The minimum atomic E-state index is -2.61. The van der Waals surface area contributed by atoms with Crippen molar-refractivity contribution in [2.75, 3.05) is 18.4 Å². The maximum Gasteiger partial charge on any atom is 0.294 e. The first kappa shape index (κ1) is 19.8. The summed E-state index contributed by atoms with van der Waals surface area (Å²) < 4.78 is 25.6. The number of H-pyrrole nitrogens is 1. The molecule has 152 valence electrons. The third kappa shape index (κ3) is 3.36. The van der Waals surface area contributed by atoms with E-state index in [1.54, 1.807) is 30.3 Å². The average Bonchev–Trinajstić information content (AvgIpc) is 3.16. The predicted molar refractivity (Wildman–Crippen MR) is 116 cm³/mol. The molecule has 30 heavy (non-hydrogen) atoms. The number of hydrogen-bond donors (Lipinski definition) is 1. The first-order chi connectivity index (χ1) is 14.4. The molecule has 1 N–H and O–H groups in total. The van der Waals surface area contributed by atoms with Gasteiger partial charge in [0, 0.05) is 36.6 Å². The molecule has 1 amide bonds. The highest BCUT2D eigenvalue weighted by molar-refractivity contribution is 7.81. The number of likely N-dealkylation sites (N-methyl/N-ethyl adjacent to an activating group) is 1. The average molecular weight is 420 g/mol. The number of rotatable bonds is 5. The number of carbonyl (C=O) groups is 2. The second-order valence-corrected chi connectivity index (χ2v) is 7.77. The second kappa shape index (κ2) is 7.74. The van der Waals surface area contributed by atoms with E-state index in [0.29, 0.717) is 22.3 Å². The van der Waals surface area contributed by atoms with Gasteiger partial charge in [0.15, 0.2) is 0 Å². The van der Waals surface area contributed by atoms with Crippen LogP contribution < -0.4 is 4.31 Å². The van der Waals surface area contributed by atoms with Crippen LogP contribution in [0.15, 0.2) is 66.9 Å². The number of nitrogens with one attached hydrogen (secondary N) is 1. The quantitative estimate of drug-likeness (QED) is 0.303. The SMILES string of the molecule is CN(C)C(=O)C(=O)c1c[nH]c2ccc(N(c3cccc4ccccc34)S(=O)[O-])cc12. The molecule has 1 atom stereocenters. The van der Waals surface area contributed by atoms with Crippen molar-refractivity contribution in [1.82, 2.24) is 9.88 Å².